The van der Waals surface area contributed by atoms with Crippen LogP contribution in [-0.4, -0.2) is 17.0 Å². The predicted octanol–water partition coefficient (Wildman–Crippen LogP) is 3.80. The topological polar surface area (TPSA) is 31.2 Å². The van der Waals surface area contributed by atoms with Crippen LogP contribution in [0, 0.1) is 0 Å². The van der Waals surface area contributed by atoms with Gasteiger partial charge < -0.3 is 9.30 Å². The normalized spacial score (nSPS) is 10.8. The van der Waals surface area contributed by atoms with Crippen molar-refractivity contribution in [2.45, 2.75) is 39.7 Å². The second kappa shape index (κ2) is 6.41. The molecule has 1 aromatic heterocycles. The highest BCUT2D eigenvalue weighted by atomic mass is 16.5. The van der Waals surface area contributed by atoms with E-state index in [9.17, 15) is 4.79 Å². The van der Waals surface area contributed by atoms with Gasteiger partial charge in [0.05, 0.1) is 12.1 Å². The lowest BCUT2D eigenvalue weighted by Gasteiger charge is -2.07. The van der Waals surface area contributed by atoms with Crippen LogP contribution in [0.5, 0.6) is 5.75 Å². The number of aryl methyl sites for hydroxylation is 1. The summed E-state index contributed by atoms with van der Waals surface area (Å²) in [6, 6.07) is 8.19. The van der Waals surface area contributed by atoms with Gasteiger partial charge in [0.25, 0.3) is 0 Å². The molecule has 3 nitrogen and oxygen atoms in total. The molecule has 1 aromatic carbocycles. The number of hydrogen-bond donors (Lipinski definition) is 0. The fraction of sp³-hybridized carbons (Fsp3) is 0.438. The molecule has 0 aliphatic heterocycles. The van der Waals surface area contributed by atoms with Crippen molar-refractivity contribution in [2.24, 2.45) is 0 Å². The standard InChI is InChI=1S/C16H21NO2/c1-3-13(18)7-6-11-17-12-10-14-15(17)8-5-9-16(14)19-4-2/h5,8-10,12H,3-4,6-7,11H2,1-2H3. The van der Waals surface area contributed by atoms with Crippen molar-refractivity contribution in [1.82, 2.24) is 4.57 Å². The van der Waals surface area contributed by atoms with Crippen LogP contribution in [0.1, 0.15) is 33.1 Å². The van der Waals surface area contributed by atoms with Crippen LogP contribution in [0.15, 0.2) is 30.5 Å². The van der Waals surface area contributed by atoms with E-state index >= 15 is 0 Å². The second-order valence-electron chi connectivity index (χ2n) is 4.63. The molecule has 3 heteroatoms. The van der Waals surface area contributed by atoms with Gasteiger partial charge in [-0.3, -0.25) is 4.79 Å². The Bertz CT molecular complexity index is 557. The number of rotatable bonds is 7. The smallest absolute Gasteiger partial charge is 0.132 e. The van der Waals surface area contributed by atoms with Crippen molar-refractivity contribution in [2.75, 3.05) is 6.61 Å². The molecule has 0 fully saturated rings. The molecular formula is C16H21NO2. The van der Waals surface area contributed by atoms with E-state index in [0.29, 0.717) is 25.2 Å². The van der Waals surface area contributed by atoms with Gasteiger partial charge in [0.15, 0.2) is 0 Å². The number of hydrogen-bond acceptors (Lipinski definition) is 2. The third-order valence-corrected chi connectivity index (χ3v) is 3.32. The van der Waals surface area contributed by atoms with Crippen LogP contribution in [0.3, 0.4) is 0 Å². The average Bonchev–Trinajstić information content (AvgIpc) is 2.83. The maximum absolute atomic E-state index is 11.3. The molecule has 0 N–H and O–H groups in total. The number of carbonyl (C=O) groups is 1. The zero-order valence-electron chi connectivity index (χ0n) is 11.7. The summed E-state index contributed by atoms with van der Waals surface area (Å²) in [6.45, 7) is 5.47. The van der Waals surface area contributed by atoms with E-state index in [0.717, 1.165) is 24.1 Å². The summed E-state index contributed by atoms with van der Waals surface area (Å²) < 4.78 is 7.82. The SMILES string of the molecule is CCOc1cccc2c1ccn2CCCC(=O)CC. The molecule has 102 valence electrons. The van der Waals surface area contributed by atoms with Crippen LogP contribution in [0.2, 0.25) is 0 Å². The first-order valence-electron chi connectivity index (χ1n) is 6.98. The lowest BCUT2D eigenvalue weighted by atomic mass is 10.2. The van der Waals surface area contributed by atoms with Gasteiger partial charge in [0.1, 0.15) is 11.5 Å². The summed E-state index contributed by atoms with van der Waals surface area (Å²) in [5, 5.41) is 1.14. The molecule has 0 radical (unpaired) electrons. The zero-order valence-corrected chi connectivity index (χ0v) is 11.7. The highest BCUT2D eigenvalue weighted by molar-refractivity contribution is 5.86. The minimum Gasteiger partial charge on any atom is -0.493 e. The number of Topliss-reactive ketones (excluding diaryl/α,β-unsaturated/α-hetero) is 1. The molecule has 0 spiro atoms. The highest BCUT2D eigenvalue weighted by Gasteiger charge is 2.06. The van der Waals surface area contributed by atoms with Gasteiger partial charge in [0, 0.05) is 31.0 Å². The van der Waals surface area contributed by atoms with Crippen LogP contribution < -0.4 is 4.74 Å². The van der Waals surface area contributed by atoms with E-state index in [1.807, 2.05) is 26.0 Å². The van der Waals surface area contributed by atoms with E-state index in [1.54, 1.807) is 0 Å². The quantitative estimate of drug-likeness (QED) is 0.757. The molecule has 0 saturated heterocycles. The Morgan fingerprint density at radius 1 is 1.26 bits per heavy atom. The fourth-order valence-electron chi connectivity index (χ4n) is 2.29. The molecule has 1 heterocycles. The second-order valence-corrected chi connectivity index (χ2v) is 4.63. The summed E-state index contributed by atoms with van der Waals surface area (Å²) >= 11 is 0. The van der Waals surface area contributed by atoms with Crippen molar-refractivity contribution >= 4 is 16.7 Å². The molecule has 2 rings (SSSR count). The van der Waals surface area contributed by atoms with Crippen molar-refractivity contribution in [3.8, 4) is 5.75 Å². The van der Waals surface area contributed by atoms with Gasteiger partial charge in [0.2, 0.25) is 0 Å². The number of nitrogens with zero attached hydrogens (tertiary/aromatic N) is 1. The number of ketones is 1. The van der Waals surface area contributed by atoms with Gasteiger partial charge >= 0.3 is 0 Å². The first kappa shape index (κ1) is 13.7. The molecule has 0 saturated carbocycles. The molecule has 19 heavy (non-hydrogen) atoms. The third-order valence-electron chi connectivity index (χ3n) is 3.32. The Morgan fingerprint density at radius 3 is 2.84 bits per heavy atom. The van der Waals surface area contributed by atoms with Crippen molar-refractivity contribution in [1.29, 1.82) is 0 Å². The summed E-state index contributed by atoms with van der Waals surface area (Å²) in [5.74, 6) is 1.27. The van der Waals surface area contributed by atoms with Gasteiger partial charge in [-0.05, 0) is 31.5 Å². The minimum absolute atomic E-state index is 0.339. The Hall–Kier alpha value is -1.77. The van der Waals surface area contributed by atoms with E-state index in [-0.39, 0.29) is 0 Å². The van der Waals surface area contributed by atoms with Crippen LogP contribution in [-0.2, 0) is 11.3 Å². The van der Waals surface area contributed by atoms with Crippen LogP contribution in [0.25, 0.3) is 10.9 Å². The Balaban J connectivity index is 2.12. The summed E-state index contributed by atoms with van der Waals surface area (Å²) in [5.41, 5.74) is 1.18. The summed E-state index contributed by atoms with van der Waals surface area (Å²) in [4.78, 5) is 11.3. The summed E-state index contributed by atoms with van der Waals surface area (Å²) in [6.07, 6.45) is 4.28. The zero-order chi connectivity index (χ0) is 13.7. The largest absolute Gasteiger partial charge is 0.493 e. The number of aromatic nitrogens is 1. The van der Waals surface area contributed by atoms with Gasteiger partial charge in [-0.2, -0.15) is 0 Å². The van der Waals surface area contributed by atoms with Crippen LogP contribution in [0.4, 0.5) is 0 Å². The van der Waals surface area contributed by atoms with Crippen molar-refractivity contribution < 1.29 is 9.53 Å². The van der Waals surface area contributed by atoms with E-state index < -0.39 is 0 Å². The number of fused-ring (bicyclic) bond motifs is 1. The Labute approximate surface area is 114 Å². The molecule has 0 bridgehead atoms. The molecule has 0 aliphatic carbocycles. The molecule has 0 aliphatic rings. The maximum atomic E-state index is 11.3. The number of carbonyl (C=O) groups excluding carboxylic acids is 1. The average molecular weight is 259 g/mol. The molecular weight excluding hydrogens is 238 g/mol. The van der Waals surface area contributed by atoms with Crippen LogP contribution >= 0.6 is 0 Å². The number of benzene rings is 1. The van der Waals surface area contributed by atoms with Gasteiger partial charge in [-0.15, -0.1) is 0 Å². The fourth-order valence-corrected chi connectivity index (χ4v) is 2.29. The van der Waals surface area contributed by atoms with Gasteiger partial charge in [-0.25, -0.2) is 0 Å². The summed E-state index contributed by atoms with van der Waals surface area (Å²) in [7, 11) is 0. The highest BCUT2D eigenvalue weighted by Crippen LogP contribution is 2.26. The number of ether oxygens (including phenoxy) is 1. The Kier molecular flexibility index (Phi) is 4.61. The van der Waals surface area contributed by atoms with E-state index in [4.69, 9.17) is 4.74 Å². The molecule has 0 unspecified atom stereocenters. The van der Waals surface area contributed by atoms with E-state index in [1.165, 1.54) is 5.52 Å². The minimum atomic E-state index is 0.339. The Morgan fingerprint density at radius 2 is 2.11 bits per heavy atom. The maximum Gasteiger partial charge on any atom is 0.132 e. The molecule has 0 amide bonds. The first-order valence-corrected chi connectivity index (χ1v) is 6.98. The van der Waals surface area contributed by atoms with Crippen molar-refractivity contribution in [3.05, 3.63) is 30.5 Å². The van der Waals surface area contributed by atoms with Crippen molar-refractivity contribution in [3.63, 3.8) is 0 Å². The van der Waals surface area contributed by atoms with E-state index in [2.05, 4.69) is 22.9 Å². The molecule has 2 aromatic rings. The third kappa shape index (κ3) is 3.16. The predicted molar refractivity (Wildman–Crippen MR) is 77.6 cm³/mol. The lowest BCUT2D eigenvalue weighted by molar-refractivity contribution is -0.118. The molecule has 0 atom stereocenters. The monoisotopic (exact) mass is 259 g/mol. The first-order chi connectivity index (χ1) is 9.26. The van der Waals surface area contributed by atoms with Gasteiger partial charge in [-0.1, -0.05) is 13.0 Å². The lowest BCUT2D eigenvalue weighted by Crippen LogP contribution is -2.01.